The predicted molar refractivity (Wildman–Crippen MR) is 71.7 cm³/mol. The van der Waals surface area contributed by atoms with Crippen molar-refractivity contribution in [2.24, 2.45) is 11.8 Å². The molecule has 0 amide bonds. The zero-order valence-electron chi connectivity index (χ0n) is 11.8. The van der Waals surface area contributed by atoms with Gasteiger partial charge < -0.3 is 10.2 Å². The number of rotatable bonds is 6. The molecule has 2 unspecified atom stereocenters. The van der Waals surface area contributed by atoms with Crippen molar-refractivity contribution < 1.29 is 0 Å². The van der Waals surface area contributed by atoms with Crippen LogP contribution in [0.2, 0.25) is 0 Å². The molecule has 0 saturated heterocycles. The third kappa shape index (κ3) is 3.74. The maximum Gasteiger partial charge on any atom is 0.0220 e. The minimum absolute atomic E-state index is 0.678. The lowest BCUT2D eigenvalue weighted by Crippen LogP contribution is -2.46. The maximum atomic E-state index is 3.53. The summed E-state index contributed by atoms with van der Waals surface area (Å²) in [5.74, 6) is 1.65. The van der Waals surface area contributed by atoms with Crippen LogP contribution in [0.5, 0.6) is 0 Å². The van der Waals surface area contributed by atoms with Gasteiger partial charge in [0.15, 0.2) is 0 Å². The minimum Gasteiger partial charge on any atom is -0.315 e. The van der Waals surface area contributed by atoms with Crippen LogP contribution < -0.4 is 5.32 Å². The molecule has 0 aliphatic heterocycles. The summed E-state index contributed by atoms with van der Waals surface area (Å²) in [6.07, 6.45) is 5.73. The molecular weight excluding hydrogens is 196 g/mol. The molecule has 0 aromatic rings. The Hall–Kier alpha value is -0.0800. The minimum atomic E-state index is 0.678. The standard InChI is InChI=1S/C14H30N2/c1-11(2)12(3)16(5)10-14(15-4)13-8-6-7-9-13/h11-15H,6-10H2,1-5H3. The first-order valence-electron chi connectivity index (χ1n) is 6.93. The van der Waals surface area contributed by atoms with Crippen LogP contribution in [0.25, 0.3) is 0 Å². The Balaban J connectivity index is 2.42. The van der Waals surface area contributed by atoms with Crippen molar-refractivity contribution in [3.05, 3.63) is 0 Å². The van der Waals surface area contributed by atoms with Crippen molar-refractivity contribution in [2.45, 2.75) is 58.5 Å². The Bertz CT molecular complexity index is 185. The molecule has 0 bridgehead atoms. The summed E-state index contributed by atoms with van der Waals surface area (Å²) in [6.45, 7) is 8.16. The van der Waals surface area contributed by atoms with Crippen LogP contribution in [-0.2, 0) is 0 Å². The Kier molecular flexibility index (Phi) is 5.77. The fourth-order valence-electron chi connectivity index (χ4n) is 2.82. The number of hydrogen-bond acceptors (Lipinski definition) is 2. The van der Waals surface area contributed by atoms with Gasteiger partial charge in [0.2, 0.25) is 0 Å². The fourth-order valence-corrected chi connectivity index (χ4v) is 2.82. The van der Waals surface area contributed by atoms with E-state index >= 15 is 0 Å². The van der Waals surface area contributed by atoms with Gasteiger partial charge in [0.1, 0.15) is 0 Å². The largest absolute Gasteiger partial charge is 0.315 e. The van der Waals surface area contributed by atoms with Gasteiger partial charge in [0.25, 0.3) is 0 Å². The van der Waals surface area contributed by atoms with E-state index in [0.717, 1.165) is 11.8 Å². The second-order valence-electron chi connectivity index (χ2n) is 5.86. The molecule has 2 atom stereocenters. The summed E-state index contributed by atoms with van der Waals surface area (Å²) >= 11 is 0. The molecule has 2 nitrogen and oxygen atoms in total. The summed E-state index contributed by atoms with van der Waals surface area (Å²) in [6, 6.07) is 1.37. The van der Waals surface area contributed by atoms with Gasteiger partial charge in [-0.15, -0.1) is 0 Å². The van der Waals surface area contributed by atoms with Crippen LogP contribution in [0.1, 0.15) is 46.5 Å². The van der Waals surface area contributed by atoms with E-state index < -0.39 is 0 Å². The van der Waals surface area contributed by atoms with Crippen molar-refractivity contribution in [1.29, 1.82) is 0 Å². The molecule has 1 fully saturated rings. The smallest absolute Gasteiger partial charge is 0.0220 e. The van der Waals surface area contributed by atoms with E-state index in [1.807, 2.05) is 0 Å². The zero-order chi connectivity index (χ0) is 12.1. The third-order valence-electron chi connectivity index (χ3n) is 4.48. The molecule has 1 rings (SSSR count). The van der Waals surface area contributed by atoms with Gasteiger partial charge >= 0.3 is 0 Å². The Morgan fingerprint density at radius 1 is 1.19 bits per heavy atom. The van der Waals surface area contributed by atoms with Crippen molar-refractivity contribution in [1.82, 2.24) is 10.2 Å². The predicted octanol–water partition coefficient (Wildman–Crippen LogP) is 2.74. The van der Waals surface area contributed by atoms with Crippen LogP contribution in [0.3, 0.4) is 0 Å². The molecule has 1 saturated carbocycles. The fraction of sp³-hybridized carbons (Fsp3) is 1.00. The molecule has 1 aliphatic rings. The van der Waals surface area contributed by atoms with E-state index in [1.165, 1.54) is 32.2 Å². The Labute approximate surface area is 102 Å². The molecule has 2 heteroatoms. The Morgan fingerprint density at radius 3 is 2.19 bits per heavy atom. The molecule has 0 radical (unpaired) electrons. The molecule has 0 aromatic heterocycles. The highest BCUT2D eigenvalue weighted by molar-refractivity contribution is 4.83. The molecule has 1 N–H and O–H groups in total. The molecule has 96 valence electrons. The molecule has 16 heavy (non-hydrogen) atoms. The van der Waals surface area contributed by atoms with Crippen LogP contribution >= 0.6 is 0 Å². The van der Waals surface area contributed by atoms with Crippen LogP contribution in [-0.4, -0.2) is 37.6 Å². The number of nitrogens with zero attached hydrogens (tertiary/aromatic N) is 1. The van der Waals surface area contributed by atoms with E-state index in [4.69, 9.17) is 0 Å². The van der Waals surface area contributed by atoms with Crippen molar-refractivity contribution in [3.63, 3.8) is 0 Å². The molecule has 0 aromatic carbocycles. The summed E-state index contributed by atoms with van der Waals surface area (Å²) in [7, 11) is 4.39. The summed E-state index contributed by atoms with van der Waals surface area (Å²) in [5.41, 5.74) is 0. The highest BCUT2D eigenvalue weighted by Crippen LogP contribution is 2.28. The summed E-state index contributed by atoms with van der Waals surface area (Å²) < 4.78 is 0. The van der Waals surface area contributed by atoms with E-state index in [0.29, 0.717) is 12.1 Å². The summed E-state index contributed by atoms with van der Waals surface area (Å²) in [4.78, 5) is 2.52. The van der Waals surface area contributed by atoms with Gasteiger partial charge in [-0.1, -0.05) is 26.7 Å². The van der Waals surface area contributed by atoms with Crippen LogP contribution in [0.4, 0.5) is 0 Å². The average molecular weight is 226 g/mol. The summed E-state index contributed by atoms with van der Waals surface area (Å²) in [5, 5.41) is 3.53. The molecule has 0 spiro atoms. The van der Waals surface area contributed by atoms with E-state index in [2.05, 4.69) is 45.1 Å². The highest BCUT2D eigenvalue weighted by Gasteiger charge is 2.26. The van der Waals surface area contributed by atoms with Gasteiger partial charge in [-0.25, -0.2) is 0 Å². The molecular formula is C14H30N2. The topological polar surface area (TPSA) is 15.3 Å². The molecule has 1 aliphatic carbocycles. The first-order valence-corrected chi connectivity index (χ1v) is 6.93. The van der Waals surface area contributed by atoms with Crippen molar-refractivity contribution in [2.75, 3.05) is 20.6 Å². The SMILES string of the molecule is CNC(CN(C)C(C)C(C)C)C1CCCC1. The van der Waals surface area contributed by atoms with Gasteiger partial charge in [0.05, 0.1) is 0 Å². The quantitative estimate of drug-likeness (QED) is 0.749. The number of hydrogen-bond donors (Lipinski definition) is 1. The molecule has 0 heterocycles. The Morgan fingerprint density at radius 2 is 1.75 bits per heavy atom. The second kappa shape index (κ2) is 6.61. The van der Waals surface area contributed by atoms with Gasteiger partial charge in [-0.2, -0.15) is 0 Å². The average Bonchev–Trinajstić information content (AvgIpc) is 2.77. The van der Waals surface area contributed by atoms with Gasteiger partial charge in [0, 0.05) is 18.6 Å². The highest BCUT2D eigenvalue weighted by atomic mass is 15.2. The van der Waals surface area contributed by atoms with Crippen LogP contribution in [0.15, 0.2) is 0 Å². The number of likely N-dealkylation sites (N-methyl/N-ethyl adjacent to an activating group) is 2. The third-order valence-corrected chi connectivity index (χ3v) is 4.48. The van der Waals surface area contributed by atoms with Crippen LogP contribution in [0, 0.1) is 11.8 Å². The number of nitrogens with one attached hydrogen (secondary N) is 1. The van der Waals surface area contributed by atoms with Crippen molar-refractivity contribution in [3.8, 4) is 0 Å². The lowest BCUT2D eigenvalue weighted by molar-refractivity contribution is 0.170. The lowest BCUT2D eigenvalue weighted by Gasteiger charge is -2.33. The van der Waals surface area contributed by atoms with Crippen molar-refractivity contribution >= 4 is 0 Å². The zero-order valence-corrected chi connectivity index (χ0v) is 11.8. The second-order valence-corrected chi connectivity index (χ2v) is 5.86. The van der Waals surface area contributed by atoms with Gasteiger partial charge in [-0.3, -0.25) is 0 Å². The lowest BCUT2D eigenvalue weighted by atomic mass is 9.96. The maximum absolute atomic E-state index is 3.53. The van der Waals surface area contributed by atoms with Gasteiger partial charge in [-0.05, 0) is 45.7 Å². The van der Waals surface area contributed by atoms with E-state index in [-0.39, 0.29) is 0 Å². The van der Waals surface area contributed by atoms with E-state index in [1.54, 1.807) is 0 Å². The first kappa shape index (κ1) is 14.0. The first-order chi connectivity index (χ1) is 7.56. The monoisotopic (exact) mass is 226 g/mol. The normalized spacial score (nSPS) is 21.9. The van der Waals surface area contributed by atoms with E-state index in [9.17, 15) is 0 Å².